The zero-order chi connectivity index (χ0) is 11.7. The Kier molecular flexibility index (Phi) is 7.57. The lowest BCUT2D eigenvalue weighted by Gasteiger charge is -2.09. The first-order valence-electron chi connectivity index (χ1n) is 4.90. The van der Waals surface area contributed by atoms with Crippen LogP contribution in [0.2, 0.25) is 0 Å². The molecule has 0 bridgehead atoms. The number of nitrogens with two attached hydrogens (primary N) is 1. The molecule has 1 amide bonds. The summed E-state index contributed by atoms with van der Waals surface area (Å²) in [4.78, 5) is 21.4. The molecule has 0 fully saturated rings. The van der Waals surface area contributed by atoms with Gasteiger partial charge in [0.15, 0.2) is 0 Å². The van der Waals surface area contributed by atoms with Crippen molar-refractivity contribution < 1.29 is 19.4 Å². The second-order valence-corrected chi connectivity index (χ2v) is 3.05. The highest BCUT2D eigenvalue weighted by Crippen LogP contribution is 1.88. The van der Waals surface area contributed by atoms with Gasteiger partial charge in [-0.05, 0) is 13.3 Å². The van der Waals surface area contributed by atoms with Crippen LogP contribution in [0, 0.1) is 0 Å². The highest BCUT2D eigenvalue weighted by molar-refractivity contribution is 5.85. The molecule has 1 unspecified atom stereocenters. The molecule has 0 spiro atoms. The number of hydrogen-bond acceptors (Lipinski definition) is 4. The van der Waals surface area contributed by atoms with Gasteiger partial charge >= 0.3 is 5.97 Å². The lowest BCUT2D eigenvalue weighted by molar-refractivity contribution is -0.139. The van der Waals surface area contributed by atoms with Gasteiger partial charge in [0.25, 0.3) is 0 Å². The zero-order valence-corrected chi connectivity index (χ0v) is 8.86. The Morgan fingerprint density at radius 1 is 1.53 bits per heavy atom. The molecule has 4 N–H and O–H groups in total. The van der Waals surface area contributed by atoms with E-state index in [0.29, 0.717) is 26.2 Å². The van der Waals surface area contributed by atoms with Gasteiger partial charge in [0.1, 0.15) is 0 Å². The average molecular weight is 218 g/mol. The lowest BCUT2D eigenvalue weighted by atomic mass is 10.2. The van der Waals surface area contributed by atoms with E-state index in [4.69, 9.17) is 15.6 Å². The van der Waals surface area contributed by atoms with Crippen molar-refractivity contribution in [3.63, 3.8) is 0 Å². The Morgan fingerprint density at radius 3 is 2.73 bits per heavy atom. The van der Waals surface area contributed by atoms with Crippen molar-refractivity contribution in [2.75, 3.05) is 19.8 Å². The maximum absolute atomic E-state index is 11.2. The number of carbonyl (C=O) groups excluding carboxylic acids is 1. The van der Waals surface area contributed by atoms with Gasteiger partial charge in [-0.25, -0.2) is 0 Å². The number of carboxylic acid groups (broad SMARTS) is 1. The Labute approximate surface area is 88.8 Å². The first-order valence-corrected chi connectivity index (χ1v) is 4.90. The fourth-order valence-electron chi connectivity index (χ4n) is 0.942. The topological polar surface area (TPSA) is 102 Å². The van der Waals surface area contributed by atoms with Crippen molar-refractivity contribution in [3.05, 3.63) is 0 Å². The molecule has 6 nitrogen and oxygen atoms in total. The monoisotopic (exact) mass is 218 g/mol. The summed E-state index contributed by atoms with van der Waals surface area (Å²) in [5, 5.41) is 10.9. The molecular weight excluding hydrogens is 200 g/mol. The van der Waals surface area contributed by atoms with Crippen LogP contribution >= 0.6 is 0 Å². The smallest absolute Gasteiger partial charge is 0.305 e. The van der Waals surface area contributed by atoms with Crippen LogP contribution in [0.4, 0.5) is 0 Å². The molecule has 0 rings (SSSR count). The summed E-state index contributed by atoms with van der Waals surface area (Å²) in [5.41, 5.74) is 5.33. The van der Waals surface area contributed by atoms with Crippen LogP contribution in [0.25, 0.3) is 0 Å². The van der Waals surface area contributed by atoms with Crippen molar-refractivity contribution in [3.8, 4) is 0 Å². The summed E-state index contributed by atoms with van der Waals surface area (Å²) in [6.07, 6.45) is 0.344. The van der Waals surface area contributed by atoms with Crippen molar-refractivity contribution in [2.24, 2.45) is 5.73 Å². The van der Waals surface area contributed by atoms with Crippen LogP contribution in [-0.4, -0.2) is 42.8 Å². The van der Waals surface area contributed by atoms with E-state index in [9.17, 15) is 9.59 Å². The van der Waals surface area contributed by atoms with Gasteiger partial charge in [-0.15, -0.1) is 0 Å². The van der Waals surface area contributed by atoms with E-state index in [1.54, 1.807) is 0 Å². The first-order chi connectivity index (χ1) is 7.07. The molecule has 0 aliphatic carbocycles. The van der Waals surface area contributed by atoms with Gasteiger partial charge in [-0.1, -0.05) is 0 Å². The van der Waals surface area contributed by atoms with E-state index in [0.717, 1.165) is 0 Å². The predicted molar refractivity (Wildman–Crippen MR) is 54.3 cm³/mol. The van der Waals surface area contributed by atoms with Crippen molar-refractivity contribution in [2.45, 2.75) is 25.8 Å². The Hall–Kier alpha value is -1.14. The highest BCUT2D eigenvalue weighted by Gasteiger charge is 2.15. The number of rotatable bonds is 8. The van der Waals surface area contributed by atoms with Crippen LogP contribution in [-0.2, 0) is 14.3 Å². The molecule has 0 heterocycles. The molecular formula is C9H18N2O4. The summed E-state index contributed by atoms with van der Waals surface area (Å²) in [6, 6.07) is -0.977. The molecule has 6 heteroatoms. The van der Waals surface area contributed by atoms with E-state index in [2.05, 4.69) is 5.32 Å². The Balaban J connectivity index is 3.51. The molecule has 0 aliphatic heterocycles. The van der Waals surface area contributed by atoms with E-state index >= 15 is 0 Å². The summed E-state index contributed by atoms with van der Waals surface area (Å²) in [7, 11) is 0. The molecule has 0 saturated carbocycles. The normalized spacial score (nSPS) is 12.1. The fourth-order valence-corrected chi connectivity index (χ4v) is 0.942. The van der Waals surface area contributed by atoms with Gasteiger partial charge in [0, 0.05) is 19.8 Å². The molecule has 0 aromatic rings. The number of carboxylic acids is 1. The molecule has 0 aliphatic rings. The van der Waals surface area contributed by atoms with Gasteiger partial charge in [-0.3, -0.25) is 9.59 Å². The minimum absolute atomic E-state index is 0.350. The third-order valence-electron chi connectivity index (χ3n) is 1.70. The molecule has 15 heavy (non-hydrogen) atoms. The van der Waals surface area contributed by atoms with Gasteiger partial charge in [0.05, 0.1) is 12.5 Å². The quantitative estimate of drug-likeness (QED) is 0.469. The van der Waals surface area contributed by atoms with Crippen molar-refractivity contribution >= 4 is 11.9 Å². The van der Waals surface area contributed by atoms with E-state index < -0.39 is 17.9 Å². The SMILES string of the molecule is CCOCCCNC(=O)C(N)CC(=O)O. The zero-order valence-electron chi connectivity index (χ0n) is 8.86. The largest absolute Gasteiger partial charge is 0.481 e. The molecule has 0 saturated heterocycles. The molecule has 0 aromatic heterocycles. The molecule has 88 valence electrons. The first kappa shape index (κ1) is 13.9. The van der Waals surface area contributed by atoms with Crippen LogP contribution in [0.1, 0.15) is 19.8 Å². The summed E-state index contributed by atoms with van der Waals surface area (Å²) >= 11 is 0. The third kappa shape index (κ3) is 7.90. The number of nitrogens with one attached hydrogen (secondary N) is 1. The van der Waals surface area contributed by atoms with Crippen molar-refractivity contribution in [1.82, 2.24) is 5.32 Å². The van der Waals surface area contributed by atoms with E-state index in [-0.39, 0.29) is 6.42 Å². The summed E-state index contributed by atoms with van der Waals surface area (Å²) in [5.74, 6) is -1.51. The maximum Gasteiger partial charge on any atom is 0.305 e. The minimum atomic E-state index is -1.08. The molecule has 1 atom stereocenters. The van der Waals surface area contributed by atoms with Crippen LogP contribution in [0.15, 0.2) is 0 Å². The van der Waals surface area contributed by atoms with Crippen LogP contribution in [0.3, 0.4) is 0 Å². The molecule has 0 radical (unpaired) electrons. The second kappa shape index (κ2) is 8.19. The van der Waals surface area contributed by atoms with E-state index in [1.807, 2.05) is 6.92 Å². The van der Waals surface area contributed by atoms with Crippen molar-refractivity contribution in [1.29, 1.82) is 0 Å². The standard InChI is InChI=1S/C9H18N2O4/c1-2-15-5-3-4-11-9(14)7(10)6-8(12)13/h7H,2-6,10H2,1H3,(H,11,14)(H,12,13). The van der Waals surface area contributed by atoms with Gasteiger partial charge in [-0.2, -0.15) is 0 Å². The summed E-state index contributed by atoms with van der Waals surface area (Å²) < 4.78 is 5.06. The van der Waals surface area contributed by atoms with Gasteiger partial charge in [0.2, 0.25) is 5.91 Å². The number of hydrogen-bond donors (Lipinski definition) is 3. The third-order valence-corrected chi connectivity index (χ3v) is 1.70. The Morgan fingerprint density at radius 2 is 2.20 bits per heavy atom. The predicted octanol–water partition coefficient (Wildman–Crippen LogP) is -0.669. The number of ether oxygens (including phenoxy) is 1. The average Bonchev–Trinajstić information content (AvgIpc) is 2.16. The van der Waals surface area contributed by atoms with Crippen LogP contribution in [0.5, 0.6) is 0 Å². The Bertz CT molecular complexity index is 208. The number of aliphatic carboxylic acids is 1. The highest BCUT2D eigenvalue weighted by atomic mass is 16.5. The minimum Gasteiger partial charge on any atom is -0.481 e. The van der Waals surface area contributed by atoms with Crippen LogP contribution < -0.4 is 11.1 Å². The summed E-state index contributed by atoms with van der Waals surface area (Å²) in [6.45, 7) is 3.56. The molecule has 0 aromatic carbocycles. The lowest BCUT2D eigenvalue weighted by Crippen LogP contribution is -2.42. The second-order valence-electron chi connectivity index (χ2n) is 3.05. The van der Waals surface area contributed by atoms with Gasteiger partial charge < -0.3 is 20.9 Å². The number of carbonyl (C=O) groups is 2. The fraction of sp³-hybridized carbons (Fsp3) is 0.778. The number of amides is 1. The van der Waals surface area contributed by atoms with E-state index in [1.165, 1.54) is 0 Å². The maximum atomic E-state index is 11.2.